The SMILES string of the molecule is CC1CC(=O)N(OC(=O)CCCc2ccc([125I])cc2)C1=O. The highest BCUT2D eigenvalue weighted by Gasteiger charge is 2.38. The molecule has 1 aromatic rings. The van der Waals surface area contributed by atoms with Crippen LogP contribution in [0.15, 0.2) is 24.3 Å². The molecule has 1 atom stereocenters. The summed E-state index contributed by atoms with van der Waals surface area (Å²) in [6.45, 7) is 1.64. The summed E-state index contributed by atoms with van der Waals surface area (Å²) in [7, 11) is 0. The minimum absolute atomic E-state index is 0.106. The quantitative estimate of drug-likeness (QED) is 0.564. The Morgan fingerprint density at radius 2 is 2.00 bits per heavy atom. The van der Waals surface area contributed by atoms with Gasteiger partial charge in [0.1, 0.15) is 0 Å². The zero-order chi connectivity index (χ0) is 15.4. The summed E-state index contributed by atoms with van der Waals surface area (Å²) in [4.78, 5) is 39.6. The number of imide groups is 1. The number of hydrogen-bond donors (Lipinski definition) is 0. The molecule has 6 heteroatoms. The van der Waals surface area contributed by atoms with E-state index < -0.39 is 23.7 Å². The molecule has 0 aromatic heterocycles. The van der Waals surface area contributed by atoms with Crippen LogP contribution in [0.25, 0.3) is 0 Å². The molecule has 2 rings (SSSR count). The molecular formula is C15H16INO4. The van der Waals surface area contributed by atoms with Gasteiger partial charge in [-0.2, -0.15) is 0 Å². The Bertz CT molecular complexity index is 555. The van der Waals surface area contributed by atoms with E-state index in [0.717, 1.165) is 15.6 Å². The number of aryl methyl sites for hydroxylation is 1. The molecule has 0 N–H and O–H groups in total. The molecule has 0 aliphatic carbocycles. The van der Waals surface area contributed by atoms with E-state index in [-0.39, 0.29) is 12.8 Å². The number of rotatable bonds is 5. The van der Waals surface area contributed by atoms with Crippen molar-refractivity contribution in [3.63, 3.8) is 0 Å². The van der Waals surface area contributed by atoms with Gasteiger partial charge in [0.2, 0.25) is 0 Å². The molecule has 1 heterocycles. The van der Waals surface area contributed by atoms with Crippen molar-refractivity contribution in [1.82, 2.24) is 5.06 Å². The number of hydroxylamine groups is 2. The standard InChI is InChI=1S/C15H16INO4/c1-10-9-13(18)17(15(10)20)21-14(19)4-2-3-11-5-7-12(16)8-6-11/h5-8,10H,2-4,9H2,1H3/i16-2. The minimum atomic E-state index is -0.545. The van der Waals surface area contributed by atoms with Gasteiger partial charge in [-0.1, -0.05) is 19.1 Å². The fourth-order valence-corrected chi connectivity index (χ4v) is 2.45. The van der Waals surface area contributed by atoms with Gasteiger partial charge in [-0.25, -0.2) is 4.79 Å². The van der Waals surface area contributed by atoms with Crippen LogP contribution in [0.5, 0.6) is 0 Å². The number of nitrogens with zero attached hydrogens (tertiary/aromatic N) is 1. The van der Waals surface area contributed by atoms with Crippen LogP contribution in [-0.2, 0) is 25.6 Å². The van der Waals surface area contributed by atoms with E-state index in [1.54, 1.807) is 6.92 Å². The van der Waals surface area contributed by atoms with Crippen molar-refractivity contribution in [1.29, 1.82) is 0 Å². The van der Waals surface area contributed by atoms with E-state index >= 15 is 0 Å². The smallest absolute Gasteiger partial charge is 0.330 e. The molecule has 1 fully saturated rings. The van der Waals surface area contributed by atoms with E-state index in [1.165, 1.54) is 0 Å². The number of carbonyl (C=O) groups is 3. The van der Waals surface area contributed by atoms with Gasteiger partial charge in [0.15, 0.2) is 0 Å². The fraction of sp³-hybridized carbons (Fsp3) is 0.400. The van der Waals surface area contributed by atoms with E-state index in [2.05, 4.69) is 22.6 Å². The maximum Gasteiger partial charge on any atom is 0.333 e. The molecule has 1 aromatic carbocycles. The normalized spacial score (nSPS) is 18.2. The first-order valence-corrected chi connectivity index (χ1v) is 7.87. The van der Waals surface area contributed by atoms with Crippen LogP contribution in [0.1, 0.15) is 31.7 Å². The van der Waals surface area contributed by atoms with Crippen LogP contribution in [0, 0.1) is 9.49 Å². The van der Waals surface area contributed by atoms with Gasteiger partial charge >= 0.3 is 5.97 Å². The second-order valence-corrected chi connectivity index (χ2v) is 6.32. The van der Waals surface area contributed by atoms with Crippen molar-refractivity contribution >= 4 is 40.4 Å². The Morgan fingerprint density at radius 3 is 2.57 bits per heavy atom. The van der Waals surface area contributed by atoms with Gasteiger partial charge in [0.25, 0.3) is 11.8 Å². The highest BCUT2D eigenvalue weighted by Crippen LogP contribution is 2.19. The Kier molecular flexibility index (Phi) is 5.33. The second kappa shape index (κ2) is 7.02. The van der Waals surface area contributed by atoms with Crippen molar-refractivity contribution in [2.75, 3.05) is 0 Å². The minimum Gasteiger partial charge on any atom is -0.330 e. The second-order valence-electron chi connectivity index (χ2n) is 5.07. The molecule has 0 saturated carbocycles. The Hall–Kier alpha value is -1.44. The Morgan fingerprint density at radius 1 is 1.33 bits per heavy atom. The molecule has 0 bridgehead atoms. The summed E-state index contributed by atoms with van der Waals surface area (Å²) in [5.41, 5.74) is 1.14. The lowest BCUT2D eigenvalue weighted by Gasteiger charge is -2.13. The number of carbonyl (C=O) groups excluding carboxylic acids is 3. The molecule has 5 nitrogen and oxygen atoms in total. The summed E-state index contributed by atoms with van der Waals surface area (Å²) in [6, 6.07) is 8.05. The van der Waals surface area contributed by atoms with Crippen LogP contribution in [-0.4, -0.2) is 22.8 Å². The van der Waals surface area contributed by atoms with Crippen LogP contribution in [0.4, 0.5) is 0 Å². The highest BCUT2D eigenvalue weighted by molar-refractivity contribution is 14.1. The van der Waals surface area contributed by atoms with Crippen LogP contribution < -0.4 is 0 Å². The van der Waals surface area contributed by atoms with Crippen LogP contribution >= 0.6 is 22.6 Å². The number of halogens is 1. The lowest BCUT2D eigenvalue weighted by molar-refractivity contribution is -0.198. The molecule has 2 amide bonds. The molecule has 112 valence electrons. The average molecular weight is 399 g/mol. The van der Waals surface area contributed by atoms with Crippen molar-refractivity contribution in [2.24, 2.45) is 5.92 Å². The lowest BCUT2D eigenvalue weighted by Crippen LogP contribution is -2.33. The first-order chi connectivity index (χ1) is 9.97. The summed E-state index contributed by atoms with van der Waals surface area (Å²) in [6.07, 6.45) is 1.65. The fourth-order valence-electron chi connectivity index (χ4n) is 2.09. The van der Waals surface area contributed by atoms with Crippen LogP contribution in [0.2, 0.25) is 0 Å². The monoisotopic (exact) mass is 399 g/mol. The molecule has 1 saturated heterocycles. The third-order valence-corrected chi connectivity index (χ3v) is 4.00. The summed E-state index contributed by atoms with van der Waals surface area (Å²) in [5.74, 6) is -1.84. The third kappa shape index (κ3) is 4.26. The van der Waals surface area contributed by atoms with Crippen molar-refractivity contribution in [3.05, 3.63) is 33.4 Å². The average Bonchev–Trinajstić information content (AvgIpc) is 2.68. The molecule has 0 spiro atoms. The first-order valence-electron chi connectivity index (χ1n) is 6.79. The topological polar surface area (TPSA) is 63.7 Å². The Labute approximate surface area is 136 Å². The highest BCUT2D eigenvalue weighted by atomic mass is 125. The number of benzene rings is 1. The zero-order valence-electron chi connectivity index (χ0n) is 11.7. The zero-order valence-corrected chi connectivity index (χ0v) is 13.8. The van der Waals surface area contributed by atoms with Gasteiger partial charge in [-0.15, -0.1) is 5.06 Å². The third-order valence-electron chi connectivity index (χ3n) is 3.28. The van der Waals surface area contributed by atoms with Gasteiger partial charge in [-0.3, -0.25) is 9.59 Å². The summed E-state index contributed by atoms with van der Waals surface area (Å²) in [5, 5.41) is 0.609. The van der Waals surface area contributed by atoms with E-state index in [0.29, 0.717) is 11.5 Å². The van der Waals surface area contributed by atoms with E-state index in [9.17, 15) is 14.4 Å². The summed E-state index contributed by atoms with van der Waals surface area (Å²) >= 11 is 2.23. The Balaban J connectivity index is 1.76. The molecule has 0 radical (unpaired) electrons. The van der Waals surface area contributed by atoms with Crippen molar-refractivity contribution in [3.8, 4) is 0 Å². The molecule has 1 unspecified atom stereocenters. The molecule has 1 aliphatic rings. The predicted octanol–water partition coefficient (Wildman–Crippen LogP) is 2.47. The van der Waals surface area contributed by atoms with Gasteiger partial charge < -0.3 is 4.84 Å². The lowest BCUT2D eigenvalue weighted by atomic mass is 10.1. The summed E-state index contributed by atoms with van der Waals surface area (Å²) < 4.78 is 1.16. The van der Waals surface area contributed by atoms with E-state index in [1.807, 2.05) is 24.3 Å². The van der Waals surface area contributed by atoms with Gasteiger partial charge in [0.05, 0.1) is 0 Å². The van der Waals surface area contributed by atoms with Crippen molar-refractivity contribution in [2.45, 2.75) is 32.6 Å². The largest absolute Gasteiger partial charge is 0.333 e. The first kappa shape index (κ1) is 15.9. The maximum absolute atomic E-state index is 11.7. The predicted molar refractivity (Wildman–Crippen MR) is 83.8 cm³/mol. The van der Waals surface area contributed by atoms with Gasteiger partial charge in [-0.05, 0) is 53.1 Å². The maximum atomic E-state index is 11.7. The van der Waals surface area contributed by atoms with Crippen molar-refractivity contribution < 1.29 is 19.2 Å². The van der Waals surface area contributed by atoms with Crippen LogP contribution in [0.3, 0.4) is 0 Å². The van der Waals surface area contributed by atoms with Gasteiger partial charge in [0, 0.05) is 22.3 Å². The van der Waals surface area contributed by atoms with E-state index in [4.69, 9.17) is 4.84 Å². The number of amides is 2. The molecule has 21 heavy (non-hydrogen) atoms. The molecule has 1 aliphatic heterocycles. The number of hydrogen-bond acceptors (Lipinski definition) is 4. The molecular weight excluding hydrogens is 383 g/mol.